The van der Waals surface area contributed by atoms with Crippen LogP contribution in [0.2, 0.25) is 0 Å². The first-order chi connectivity index (χ1) is 6.17. The maximum atomic E-state index is 11.7. The highest BCUT2D eigenvalue weighted by atomic mass is 16.2. The van der Waals surface area contributed by atoms with Crippen LogP contribution in [0.4, 0.5) is 0 Å². The molecule has 1 amide bonds. The van der Waals surface area contributed by atoms with Gasteiger partial charge in [0, 0.05) is 12.5 Å². The molecule has 0 bridgehead atoms. The first-order valence-corrected chi connectivity index (χ1v) is 5.19. The normalized spacial score (nSPS) is 26.6. The third-order valence-corrected chi connectivity index (χ3v) is 3.38. The monoisotopic (exact) mass is 182 g/mol. The number of carbonyl (C=O) groups excluding carboxylic acids is 1. The van der Waals surface area contributed by atoms with Crippen molar-refractivity contribution in [2.45, 2.75) is 38.1 Å². The highest BCUT2D eigenvalue weighted by molar-refractivity contribution is 5.80. The van der Waals surface area contributed by atoms with Crippen LogP contribution in [0.15, 0.2) is 0 Å². The van der Waals surface area contributed by atoms with Crippen LogP contribution in [0.1, 0.15) is 32.6 Å². The zero-order valence-electron chi connectivity index (χ0n) is 8.18. The Balaban J connectivity index is 1.83. The molecule has 0 aromatic rings. The molecule has 2 aliphatic rings. The molecule has 74 valence electrons. The zero-order chi connectivity index (χ0) is 9.47. The van der Waals surface area contributed by atoms with Crippen molar-refractivity contribution in [1.29, 1.82) is 0 Å². The Morgan fingerprint density at radius 2 is 2.23 bits per heavy atom. The SMILES string of the molecule is CC(C(=O)NC1(CN)CC1)C1CC1. The summed E-state index contributed by atoms with van der Waals surface area (Å²) in [6.07, 6.45) is 4.58. The summed E-state index contributed by atoms with van der Waals surface area (Å²) in [5.41, 5.74) is 5.58. The second-order valence-electron chi connectivity index (χ2n) is 4.60. The van der Waals surface area contributed by atoms with Crippen molar-refractivity contribution in [3.05, 3.63) is 0 Å². The van der Waals surface area contributed by atoms with E-state index in [9.17, 15) is 4.79 Å². The summed E-state index contributed by atoms with van der Waals surface area (Å²) in [5.74, 6) is 1.06. The van der Waals surface area contributed by atoms with E-state index >= 15 is 0 Å². The van der Waals surface area contributed by atoms with E-state index in [2.05, 4.69) is 5.32 Å². The van der Waals surface area contributed by atoms with Crippen molar-refractivity contribution in [2.24, 2.45) is 17.6 Å². The molecule has 3 heteroatoms. The first kappa shape index (κ1) is 9.00. The topological polar surface area (TPSA) is 55.1 Å². The second kappa shape index (κ2) is 2.98. The Morgan fingerprint density at radius 1 is 1.62 bits per heavy atom. The Bertz CT molecular complexity index is 219. The Kier molecular flexibility index (Phi) is 2.06. The van der Waals surface area contributed by atoms with Gasteiger partial charge >= 0.3 is 0 Å². The van der Waals surface area contributed by atoms with Crippen LogP contribution in [0.3, 0.4) is 0 Å². The maximum absolute atomic E-state index is 11.7. The van der Waals surface area contributed by atoms with Gasteiger partial charge in [0.05, 0.1) is 5.54 Å². The van der Waals surface area contributed by atoms with Crippen molar-refractivity contribution >= 4 is 5.91 Å². The first-order valence-electron chi connectivity index (χ1n) is 5.19. The van der Waals surface area contributed by atoms with Crippen molar-refractivity contribution in [1.82, 2.24) is 5.32 Å². The molecule has 13 heavy (non-hydrogen) atoms. The molecule has 0 aliphatic heterocycles. The van der Waals surface area contributed by atoms with E-state index in [1.807, 2.05) is 6.92 Å². The van der Waals surface area contributed by atoms with Crippen LogP contribution in [0, 0.1) is 11.8 Å². The quantitative estimate of drug-likeness (QED) is 0.670. The van der Waals surface area contributed by atoms with Crippen LogP contribution in [0.5, 0.6) is 0 Å². The standard InChI is InChI=1S/C10H18N2O/c1-7(8-2-3-8)9(13)12-10(6-11)4-5-10/h7-8H,2-6,11H2,1H3,(H,12,13). The van der Waals surface area contributed by atoms with Gasteiger partial charge in [0.25, 0.3) is 0 Å². The molecular formula is C10H18N2O. The molecule has 0 aromatic carbocycles. The summed E-state index contributed by atoms with van der Waals surface area (Å²) in [6.45, 7) is 2.62. The lowest BCUT2D eigenvalue weighted by Gasteiger charge is -2.18. The molecule has 2 fully saturated rings. The predicted molar refractivity (Wildman–Crippen MR) is 51.1 cm³/mol. The number of hydrogen-bond donors (Lipinski definition) is 2. The van der Waals surface area contributed by atoms with E-state index in [1.165, 1.54) is 12.8 Å². The molecule has 2 saturated carbocycles. The van der Waals surface area contributed by atoms with Gasteiger partial charge in [-0.1, -0.05) is 6.92 Å². The van der Waals surface area contributed by atoms with Crippen molar-refractivity contribution in [2.75, 3.05) is 6.54 Å². The largest absolute Gasteiger partial charge is 0.349 e. The Hall–Kier alpha value is -0.570. The molecule has 0 heterocycles. The number of nitrogens with one attached hydrogen (secondary N) is 1. The lowest BCUT2D eigenvalue weighted by molar-refractivity contribution is -0.126. The van der Waals surface area contributed by atoms with Crippen molar-refractivity contribution in [3.8, 4) is 0 Å². The van der Waals surface area contributed by atoms with Gasteiger partial charge in [-0.15, -0.1) is 0 Å². The minimum atomic E-state index is -0.0137. The third-order valence-electron chi connectivity index (χ3n) is 3.38. The average molecular weight is 182 g/mol. The summed E-state index contributed by atoms with van der Waals surface area (Å²) in [5, 5.41) is 3.07. The third kappa shape index (κ3) is 1.85. The maximum Gasteiger partial charge on any atom is 0.223 e. The van der Waals surface area contributed by atoms with Gasteiger partial charge in [-0.3, -0.25) is 4.79 Å². The number of carbonyl (C=O) groups is 1. The predicted octanol–water partition coefficient (Wildman–Crippen LogP) is 0.640. The van der Waals surface area contributed by atoms with E-state index < -0.39 is 0 Å². The highest BCUT2D eigenvalue weighted by Gasteiger charge is 2.44. The van der Waals surface area contributed by atoms with Crippen LogP contribution < -0.4 is 11.1 Å². The molecule has 3 nitrogen and oxygen atoms in total. The van der Waals surface area contributed by atoms with E-state index in [1.54, 1.807) is 0 Å². The number of rotatable bonds is 4. The average Bonchev–Trinajstić information content (AvgIpc) is 2.99. The van der Waals surface area contributed by atoms with E-state index in [4.69, 9.17) is 5.73 Å². The fraction of sp³-hybridized carbons (Fsp3) is 0.900. The molecule has 3 N–H and O–H groups in total. The Morgan fingerprint density at radius 3 is 2.62 bits per heavy atom. The summed E-state index contributed by atoms with van der Waals surface area (Å²) >= 11 is 0. The smallest absolute Gasteiger partial charge is 0.223 e. The lowest BCUT2D eigenvalue weighted by atomic mass is 10.1. The van der Waals surface area contributed by atoms with E-state index in [0.717, 1.165) is 12.8 Å². The van der Waals surface area contributed by atoms with Gasteiger partial charge in [-0.25, -0.2) is 0 Å². The van der Waals surface area contributed by atoms with Gasteiger partial charge < -0.3 is 11.1 Å². The number of hydrogen-bond acceptors (Lipinski definition) is 2. The minimum Gasteiger partial charge on any atom is -0.349 e. The van der Waals surface area contributed by atoms with E-state index in [-0.39, 0.29) is 17.4 Å². The molecule has 0 saturated heterocycles. The second-order valence-corrected chi connectivity index (χ2v) is 4.60. The van der Waals surface area contributed by atoms with E-state index in [0.29, 0.717) is 12.5 Å². The van der Waals surface area contributed by atoms with Crippen LogP contribution in [-0.2, 0) is 4.79 Å². The van der Waals surface area contributed by atoms with Gasteiger partial charge in [-0.2, -0.15) is 0 Å². The van der Waals surface area contributed by atoms with Gasteiger partial charge in [-0.05, 0) is 31.6 Å². The van der Waals surface area contributed by atoms with Crippen LogP contribution >= 0.6 is 0 Å². The molecule has 0 spiro atoms. The molecule has 0 aromatic heterocycles. The lowest BCUT2D eigenvalue weighted by Crippen LogP contribution is -2.45. The fourth-order valence-corrected chi connectivity index (χ4v) is 1.72. The summed E-state index contributed by atoms with van der Waals surface area (Å²) in [4.78, 5) is 11.7. The van der Waals surface area contributed by atoms with Crippen LogP contribution in [-0.4, -0.2) is 18.0 Å². The highest BCUT2D eigenvalue weighted by Crippen LogP contribution is 2.39. The molecule has 2 rings (SSSR count). The van der Waals surface area contributed by atoms with Gasteiger partial charge in [0.2, 0.25) is 5.91 Å². The zero-order valence-corrected chi connectivity index (χ0v) is 8.18. The number of amides is 1. The van der Waals surface area contributed by atoms with Crippen molar-refractivity contribution < 1.29 is 4.79 Å². The van der Waals surface area contributed by atoms with Crippen LogP contribution in [0.25, 0.3) is 0 Å². The molecule has 1 atom stereocenters. The summed E-state index contributed by atoms with van der Waals surface area (Å²) in [6, 6.07) is 0. The molecule has 2 aliphatic carbocycles. The molecule has 0 radical (unpaired) electrons. The molecule has 1 unspecified atom stereocenters. The van der Waals surface area contributed by atoms with Crippen molar-refractivity contribution in [3.63, 3.8) is 0 Å². The van der Waals surface area contributed by atoms with Gasteiger partial charge in [0.15, 0.2) is 0 Å². The molecular weight excluding hydrogens is 164 g/mol. The number of nitrogens with two attached hydrogens (primary N) is 1. The van der Waals surface area contributed by atoms with Gasteiger partial charge in [0.1, 0.15) is 0 Å². The fourth-order valence-electron chi connectivity index (χ4n) is 1.72. The summed E-state index contributed by atoms with van der Waals surface area (Å²) in [7, 11) is 0. The Labute approximate surface area is 79.1 Å². The summed E-state index contributed by atoms with van der Waals surface area (Å²) < 4.78 is 0. The minimum absolute atomic E-state index is 0.0137.